The molecule has 73 valence electrons. The highest BCUT2D eigenvalue weighted by atomic mass is 15.2. The monoisotopic (exact) mass is 178 g/mol. The summed E-state index contributed by atoms with van der Waals surface area (Å²) < 4.78 is 0. The van der Waals surface area contributed by atoms with E-state index in [1.165, 1.54) is 5.57 Å². The molecule has 0 aromatic heterocycles. The van der Waals surface area contributed by atoms with Crippen molar-refractivity contribution in [2.75, 3.05) is 0 Å². The Morgan fingerprint density at radius 3 is 2.00 bits per heavy atom. The normalized spacial score (nSPS) is 10.6. The molecular weight excluding hydrogens is 157 g/mol. The van der Waals surface area contributed by atoms with Crippen LogP contribution in [0.2, 0.25) is 6.82 Å². The molecule has 0 saturated heterocycles. The first-order chi connectivity index (χ1) is 5.79. The zero-order valence-electron chi connectivity index (χ0n) is 9.81. The van der Waals surface area contributed by atoms with Gasteiger partial charge in [-0.2, -0.15) is 0 Å². The second kappa shape index (κ2) is 4.54. The molecule has 0 aliphatic rings. The minimum absolute atomic E-state index is 0.0981. The molecule has 1 radical (unpaired) electrons. The Balaban J connectivity index is 4.78. The third-order valence-corrected chi connectivity index (χ3v) is 1.75. The van der Waals surface area contributed by atoms with Crippen molar-refractivity contribution < 1.29 is 0 Å². The van der Waals surface area contributed by atoms with Gasteiger partial charge in [0.1, 0.15) is 0 Å². The van der Waals surface area contributed by atoms with Crippen molar-refractivity contribution >= 4 is 7.28 Å². The van der Waals surface area contributed by atoms with Gasteiger partial charge in [-0.25, -0.2) is 0 Å². The van der Waals surface area contributed by atoms with E-state index in [0.717, 1.165) is 5.60 Å². The van der Waals surface area contributed by atoms with Crippen LogP contribution >= 0.6 is 0 Å². The Morgan fingerprint density at radius 2 is 1.77 bits per heavy atom. The SMILES string of the molecule is C=C([B]C)N(C=C(C)C)C(C)(C)C. The topological polar surface area (TPSA) is 3.24 Å². The highest BCUT2D eigenvalue weighted by Crippen LogP contribution is 2.19. The third kappa shape index (κ3) is 4.21. The summed E-state index contributed by atoms with van der Waals surface area (Å²) in [5.41, 5.74) is 2.44. The van der Waals surface area contributed by atoms with Crippen LogP contribution in [-0.4, -0.2) is 17.7 Å². The number of hydrogen-bond donors (Lipinski definition) is 0. The molecule has 0 bridgehead atoms. The molecule has 0 spiro atoms. The number of allylic oxidation sites excluding steroid dienone is 1. The number of nitrogens with zero attached hydrogens (tertiary/aromatic N) is 1. The van der Waals surface area contributed by atoms with Gasteiger partial charge in [-0.3, -0.25) is 0 Å². The van der Waals surface area contributed by atoms with Crippen molar-refractivity contribution in [2.24, 2.45) is 0 Å². The quantitative estimate of drug-likeness (QED) is 0.599. The van der Waals surface area contributed by atoms with Crippen LogP contribution in [0.15, 0.2) is 23.9 Å². The van der Waals surface area contributed by atoms with Crippen molar-refractivity contribution in [2.45, 2.75) is 47.0 Å². The van der Waals surface area contributed by atoms with Crippen molar-refractivity contribution in [3.63, 3.8) is 0 Å². The Labute approximate surface area is 83.8 Å². The van der Waals surface area contributed by atoms with Crippen LogP contribution in [-0.2, 0) is 0 Å². The fourth-order valence-electron chi connectivity index (χ4n) is 1.10. The Bertz CT molecular complexity index is 207. The molecule has 0 heterocycles. The van der Waals surface area contributed by atoms with E-state index >= 15 is 0 Å². The highest BCUT2D eigenvalue weighted by molar-refractivity contribution is 6.43. The zero-order valence-corrected chi connectivity index (χ0v) is 9.81. The van der Waals surface area contributed by atoms with E-state index in [2.05, 4.69) is 52.3 Å². The molecule has 0 aromatic rings. The Kier molecular flexibility index (Phi) is 4.32. The van der Waals surface area contributed by atoms with Crippen molar-refractivity contribution in [1.82, 2.24) is 4.90 Å². The molecule has 0 N–H and O–H groups in total. The highest BCUT2D eigenvalue weighted by Gasteiger charge is 2.19. The van der Waals surface area contributed by atoms with Gasteiger partial charge in [-0.15, -0.1) is 0 Å². The molecular formula is C11H21BN. The maximum absolute atomic E-state index is 4.02. The van der Waals surface area contributed by atoms with E-state index in [0.29, 0.717) is 0 Å². The lowest BCUT2D eigenvalue weighted by Crippen LogP contribution is -2.37. The summed E-state index contributed by atoms with van der Waals surface area (Å²) in [6, 6.07) is 0. The first kappa shape index (κ1) is 12.3. The minimum atomic E-state index is 0.0981. The zero-order chi connectivity index (χ0) is 10.6. The fourth-order valence-corrected chi connectivity index (χ4v) is 1.10. The van der Waals surface area contributed by atoms with Crippen LogP contribution in [0.1, 0.15) is 34.6 Å². The molecule has 2 heteroatoms. The van der Waals surface area contributed by atoms with Crippen molar-refractivity contribution in [1.29, 1.82) is 0 Å². The van der Waals surface area contributed by atoms with Gasteiger partial charge in [-0.05, 0) is 40.2 Å². The van der Waals surface area contributed by atoms with Gasteiger partial charge in [0.05, 0.1) is 0 Å². The van der Waals surface area contributed by atoms with Gasteiger partial charge < -0.3 is 4.90 Å². The van der Waals surface area contributed by atoms with Crippen LogP contribution < -0.4 is 0 Å². The maximum Gasteiger partial charge on any atom is 0.170 e. The molecule has 0 rings (SSSR count). The van der Waals surface area contributed by atoms with Gasteiger partial charge >= 0.3 is 0 Å². The minimum Gasteiger partial charge on any atom is -0.356 e. The van der Waals surface area contributed by atoms with E-state index in [1.54, 1.807) is 0 Å². The molecule has 0 atom stereocenters. The molecule has 13 heavy (non-hydrogen) atoms. The fraction of sp³-hybridized carbons (Fsp3) is 0.636. The van der Waals surface area contributed by atoms with E-state index in [9.17, 15) is 0 Å². The van der Waals surface area contributed by atoms with E-state index in [1.807, 2.05) is 14.1 Å². The summed E-state index contributed by atoms with van der Waals surface area (Å²) in [5.74, 6) is 0. The molecule has 0 aliphatic carbocycles. The van der Waals surface area contributed by atoms with Crippen LogP contribution in [0, 0.1) is 0 Å². The second-order valence-corrected chi connectivity index (χ2v) is 4.53. The van der Waals surface area contributed by atoms with Crippen molar-refractivity contribution in [3.05, 3.63) is 23.9 Å². The van der Waals surface area contributed by atoms with Crippen LogP contribution in [0.3, 0.4) is 0 Å². The third-order valence-electron chi connectivity index (χ3n) is 1.75. The second-order valence-electron chi connectivity index (χ2n) is 4.53. The summed E-state index contributed by atoms with van der Waals surface area (Å²) >= 11 is 0. The molecule has 0 amide bonds. The summed E-state index contributed by atoms with van der Waals surface area (Å²) in [4.78, 5) is 2.20. The standard InChI is InChI=1S/C11H21BN/c1-9(2)8-13(10(3)12-7)11(4,5)6/h8H,3H2,1-2,4-7H3. The summed E-state index contributed by atoms with van der Waals surface area (Å²) in [6.45, 7) is 16.8. The predicted molar refractivity (Wildman–Crippen MR) is 61.8 cm³/mol. The van der Waals surface area contributed by atoms with Crippen LogP contribution in [0.5, 0.6) is 0 Å². The Morgan fingerprint density at radius 1 is 1.31 bits per heavy atom. The first-order valence-corrected chi connectivity index (χ1v) is 4.71. The predicted octanol–water partition coefficient (Wildman–Crippen LogP) is 3.23. The average Bonchev–Trinajstić information content (AvgIpc) is 1.96. The van der Waals surface area contributed by atoms with E-state index in [-0.39, 0.29) is 5.54 Å². The lowest BCUT2D eigenvalue weighted by molar-refractivity contribution is 0.271. The van der Waals surface area contributed by atoms with Crippen molar-refractivity contribution in [3.8, 4) is 0 Å². The summed E-state index contributed by atoms with van der Waals surface area (Å²) in [5, 5.41) is 0. The molecule has 0 saturated carbocycles. The molecule has 0 fully saturated rings. The number of rotatable bonds is 3. The van der Waals surface area contributed by atoms with Crippen LogP contribution in [0.25, 0.3) is 0 Å². The molecule has 0 aromatic carbocycles. The van der Waals surface area contributed by atoms with Gasteiger partial charge in [0.25, 0.3) is 0 Å². The smallest absolute Gasteiger partial charge is 0.170 e. The first-order valence-electron chi connectivity index (χ1n) is 4.71. The van der Waals surface area contributed by atoms with E-state index in [4.69, 9.17) is 0 Å². The Hall–Kier alpha value is -0.655. The molecule has 1 nitrogen and oxygen atoms in total. The lowest BCUT2D eigenvalue weighted by atomic mass is 9.76. The van der Waals surface area contributed by atoms with Crippen LogP contribution in [0.4, 0.5) is 0 Å². The maximum atomic E-state index is 4.02. The van der Waals surface area contributed by atoms with Gasteiger partial charge in [-0.1, -0.05) is 19.0 Å². The molecule has 0 aliphatic heterocycles. The van der Waals surface area contributed by atoms with Gasteiger partial charge in [0, 0.05) is 11.7 Å². The average molecular weight is 178 g/mol. The lowest BCUT2D eigenvalue weighted by Gasteiger charge is -2.36. The molecule has 0 unspecified atom stereocenters. The summed E-state index contributed by atoms with van der Waals surface area (Å²) in [7, 11) is 2.03. The largest absolute Gasteiger partial charge is 0.356 e. The summed E-state index contributed by atoms with van der Waals surface area (Å²) in [6.07, 6.45) is 2.14. The van der Waals surface area contributed by atoms with Gasteiger partial charge in [0.2, 0.25) is 0 Å². The number of hydrogen-bond acceptors (Lipinski definition) is 1. The van der Waals surface area contributed by atoms with E-state index < -0.39 is 0 Å². The van der Waals surface area contributed by atoms with Gasteiger partial charge in [0.15, 0.2) is 7.28 Å².